The van der Waals surface area contributed by atoms with Crippen LogP contribution in [0, 0.1) is 13.8 Å². The smallest absolute Gasteiger partial charge is 0.251 e. The molecule has 1 heterocycles. The Morgan fingerprint density at radius 1 is 1.03 bits per heavy atom. The maximum absolute atomic E-state index is 12.6. The molecule has 8 heteroatoms. The van der Waals surface area contributed by atoms with E-state index >= 15 is 0 Å². The molecule has 0 aliphatic heterocycles. The fourth-order valence-electron chi connectivity index (χ4n) is 3.15. The van der Waals surface area contributed by atoms with Crippen LogP contribution in [0.2, 0.25) is 0 Å². The quantitative estimate of drug-likeness (QED) is 0.556. The molecular weight excluding hydrogens is 450 g/mol. The van der Waals surface area contributed by atoms with Gasteiger partial charge in [-0.15, -0.1) is 0 Å². The summed E-state index contributed by atoms with van der Waals surface area (Å²) in [6.45, 7) is 4.25. The number of aromatic nitrogens is 2. The van der Waals surface area contributed by atoms with Crippen LogP contribution in [-0.2, 0) is 6.54 Å². The van der Waals surface area contributed by atoms with E-state index in [0.717, 1.165) is 27.1 Å². The zero-order valence-electron chi connectivity index (χ0n) is 17.6. The Balaban J connectivity index is 1.73. The van der Waals surface area contributed by atoms with Crippen molar-refractivity contribution in [3.63, 3.8) is 0 Å². The first-order valence-corrected chi connectivity index (χ1v) is 10.1. The number of methoxy groups -OCH3 is 3. The van der Waals surface area contributed by atoms with Gasteiger partial charge in [-0.05, 0) is 71.7 Å². The Bertz CT molecular complexity index is 1040. The van der Waals surface area contributed by atoms with Crippen molar-refractivity contribution in [2.45, 2.75) is 20.4 Å². The summed E-state index contributed by atoms with van der Waals surface area (Å²) in [5.41, 5.74) is 4.21. The van der Waals surface area contributed by atoms with Gasteiger partial charge in [0.1, 0.15) is 0 Å². The van der Waals surface area contributed by atoms with E-state index in [0.29, 0.717) is 29.4 Å². The van der Waals surface area contributed by atoms with Crippen LogP contribution in [0.15, 0.2) is 40.9 Å². The SMILES string of the molecule is COc1cc(CNC(=O)c2ccc(-n3nc(C)c(Br)c3C)cc2)cc(OC)c1OC. The van der Waals surface area contributed by atoms with E-state index in [1.807, 2.05) is 42.8 Å². The summed E-state index contributed by atoms with van der Waals surface area (Å²) in [5, 5.41) is 7.43. The molecule has 7 nitrogen and oxygen atoms in total. The van der Waals surface area contributed by atoms with Crippen LogP contribution in [0.4, 0.5) is 0 Å². The van der Waals surface area contributed by atoms with Gasteiger partial charge in [0.2, 0.25) is 5.75 Å². The highest BCUT2D eigenvalue weighted by molar-refractivity contribution is 9.10. The molecule has 0 atom stereocenters. The van der Waals surface area contributed by atoms with Crippen molar-refractivity contribution in [1.82, 2.24) is 15.1 Å². The van der Waals surface area contributed by atoms with E-state index in [9.17, 15) is 4.79 Å². The van der Waals surface area contributed by atoms with E-state index in [-0.39, 0.29) is 5.91 Å². The maximum Gasteiger partial charge on any atom is 0.251 e. The molecular formula is C22H24BrN3O4. The van der Waals surface area contributed by atoms with Gasteiger partial charge in [-0.25, -0.2) is 4.68 Å². The summed E-state index contributed by atoms with van der Waals surface area (Å²) in [4.78, 5) is 12.6. The Labute approximate surface area is 184 Å². The second-order valence-corrected chi connectivity index (χ2v) is 7.45. The predicted octanol–water partition coefficient (Wildman–Crippen LogP) is 4.21. The number of carbonyl (C=O) groups is 1. The van der Waals surface area contributed by atoms with Crippen molar-refractivity contribution in [3.8, 4) is 22.9 Å². The van der Waals surface area contributed by atoms with Crippen molar-refractivity contribution in [2.24, 2.45) is 0 Å². The molecule has 1 aromatic heterocycles. The van der Waals surface area contributed by atoms with E-state index < -0.39 is 0 Å². The predicted molar refractivity (Wildman–Crippen MR) is 118 cm³/mol. The van der Waals surface area contributed by atoms with E-state index in [1.165, 1.54) is 0 Å². The van der Waals surface area contributed by atoms with E-state index in [4.69, 9.17) is 14.2 Å². The molecule has 1 N–H and O–H groups in total. The molecule has 0 saturated carbocycles. The number of nitrogens with one attached hydrogen (secondary N) is 1. The fourth-order valence-corrected chi connectivity index (χ4v) is 3.40. The summed E-state index contributed by atoms with van der Waals surface area (Å²) in [6, 6.07) is 10.9. The number of aryl methyl sites for hydroxylation is 1. The highest BCUT2D eigenvalue weighted by Gasteiger charge is 2.15. The molecule has 30 heavy (non-hydrogen) atoms. The van der Waals surface area contributed by atoms with Gasteiger partial charge < -0.3 is 19.5 Å². The monoisotopic (exact) mass is 473 g/mol. The highest BCUT2D eigenvalue weighted by atomic mass is 79.9. The summed E-state index contributed by atoms with van der Waals surface area (Å²) >= 11 is 3.53. The van der Waals surface area contributed by atoms with Gasteiger partial charge in [0.05, 0.1) is 42.9 Å². The van der Waals surface area contributed by atoms with Crippen LogP contribution in [-0.4, -0.2) is 37.0 Å². The molecule has 0 aliphatic rings. The van der Waals surface area contributed by atoms with Crippen molar-refractivity contribution in [2.75, 3.05) is 21.3 Å². The Kier molecular flexibility index (Phi) is 6.66. The first-order chi connectivity index (χ1) is 14.4. The van der Waals surface area contributed by atoms with Gasteiger partial charge in [0.15, 0.2) is 11.5 Å². The zero-order chi connectivity index (χ0) is 21.8. The van der Waals surface area contributed by atoms with E-state index in [1.54, 1.807) is 33.5 Å². The van der Waals surface area contributed by atoms with Gasteiger partial charge >= 0.3 is 0 Å². The third-order valence-electron chi connectivity index (χ3n) is 4.75. The van der Waals surface area contributed by atoms with Crippen molar-refractivity contribution < 1.29 is 19.0 Å². The Hall–Kier alpha value is -3.00. The molecule has 0 spiro atoms. The third-order valence-corrected chi connectivity index (χ3v) is 5.90. The third kappa shape index (κ3) is 4.28. The number of carbonyl (C=O) groups excluding carboxylic acids is 1. The highest BCUT2D eigenvalue weighted by Crippen LogP contribution is 2.38. The lowest BCUT2D eigenvalue weighted by Gasteiger charge is -2.14. The second-order valence-electron chi connectivity index (χ2n) is 6.66. The van der Waals surface area contributed by atoms with Gasteiger partial charge in [-0.1, -0.05) is 0 Å². The number of halogens is 1. The number of ether oxygens (including phenoxy) is 3. The van der Waals surface area contributed by atoms with Crippen LogP contribution < -0.4 is 19.5 Å². The molecule has 0 radical (unpaired) electrons. The van der Waals surface area contributed by atoms with Crippen molar-refractivity contribution in [1.29, 1.82) is 0 Å². The summed E-state index contributed by atoms with van der Waals surface area (Å²) in [7, 11) is 4.67. The van der Waals surface area contributed by atoms with E-state index in [2.05, 4.69) is 26.3 Å². The molecule has 158 valence electrons. The Morgan fingerprint density at radius 2 is 1.63 bits per heavy atom. The minimum atomic E-state index is -0.176. The van der Waals surface area contributed by atoms with Crippen LogP contribution in [0.25, 0.3) is 5.69 Å². The first-order valence-electron chi connectivity index (χ1n) is 9.28. The van der Waals surface area contributed by atoms with Crippen molar-refractivity contribution >= 4 is 21.8 Å². The number of benzene rings is 2. The van der Waals surface area contributed by atoms with Gasteiger partial charge in [0.25, 0.3) is 5.91 Å². The molecule has 2 aromatic carbocycles. The minimum absolute atomic E-state index is 0.176. The van der Waals surface area contributed by atoms with Crippen LogP contribution >= 0.6 is 15.9 Å². The molecule has 0 unspecified atom stereocenters. The Morgan fingerprint density at radius 3 is 2.10 bits per heavy atom. The summed E-state index contributed by atoms with van der Waals surface area (Å²) < 4.78 is 18.9. The molecule has 0 bridgehead atoms. The molecule has 0 fully saturated rings. The lowest BCUT2D eigenvalue weighted by atomic mass is 10.1. The number of amides is 1. The minimum Gasteiger partial charge on any atom is -0.493 e. The molecule has 0 aliphatic carbocycles. The van der Waals surface area contributed by atoms with Crippen LogP contribution in [0.3, 0.4) is 0 Å². The second kappa shape index (κ2) is 9.21. The average Bonchev–Trinajstić information content (AvgIpc) is 3.03. The molecule has 1 amide bonds. The molecule has 3 aromatic rings. The number of rotatable bonds is 7. The lowest BCUT2D eigenvalue weighted by molar-refractivity contribution is 0.0951. The van der Waals surface area contributed by atoms with Crippen molar-refractivity contribution in [3.05, 3.63) is 63.4 Å². The number of nitrogens with zero attached hydrogens (tertiary/aromatic N) is 2. The fraction of sp³-hybridized carbons (Fsp3) is 0.273. The maximum atomic E-state index is 12.6. The topological polar surface area (TPSA) is 74.6 Å². The van der Waals surface area contributed by atoms with Crippen LogP contribution in [0.5, 0.6) is 17.2 Å². The lowest BCUT2D eigenvalue weighted by Crippen LogP contribution is -2.22. The summed E-state index contributed by atoms with van der Waals surface area (Å²) in [5.74, 6) is 1.43. The number of hydrogen-bond donors (Lipinski definition) is 1. The average molecular weight is 474 g/mol. The van der Waals surface area contributed by atoms with Crippen LogP contribution in [0.1, 0.15) is 27.3 Å². The zero-order valence-corrected chi connectivity index (χ0v) is 19.2. The standard InChI is InChI=1S/C22H24BrN3O4/c1-13-20(23)14(2)26(25-13)17-8-6-16(7-9-17)22(27)24-12-15-10-18(28-3)21(30-5)19(11-15)29-4/h6-11H,12H2,1-5H3,(H,24,27). The normalized spacial score (nSPS) is 10.6. The number of hydrogen-bond acceptors (Lipinski definition) is 5. The molecule has 0 saturated heterocycles. The largest absolute Gasteiger partial charge is 0.493 e. The van der Waals surface area contributed by atoms with Gasteiger partial charge in [-0.3, -0.25) is 4.79 Å². The van der Waals surface area contributed by atoms with Gasteiger partial charge in [-0.2, -0.15) is 5.10 Å². The summed E-state index contributed by atoms with van der Waals surface area (Å²) in [6.07, 6.45) is 0. The van der Waals surface area contributed by atoms with Gasteiger partial charge in [0, 0.05) is 12.1 Å². The molecule has 3 rings (SSSR count). The first kappa shape index (κ1) is 21.7.